The maximum Gasteiger partial charge on any atom is 0.253 e. The molecule has 2 heterocycles. The van der Waals surface area contributed by atoms with Crippen LogP contribution in [0.3, 0.4) is 0 Å². The predicted molar refractivity (Wildman–Crippen MR) is 93.5 cm³/mol. The smallest absolute Gasteiger partial charge is 0.253 e. The van der Waals surface area contributed by atoms with Gasteiger partial charge in [-0.2, -0.15) is 5.10 Å². The molecule has 3 rings (SSSR count). The van der Waals surface area contributed by atoms with E-state index in [1.807, 2.05) is 13.2 Å². The van der Waals surface area contributed by atoms with Crippen molar-refractivity contribution >= 4 is 28.5 Å². The standard InChI is InChI=1S/C17H20N4OS/c1-3-10-21(16(22)9-8-13-11-18-20(2)12-13)17-19-14-6-4-5-7-15(14)23-17/h3,8-9,11-12H,1,4-7,10H2,2H3/b9-8+. The number of hydrogen-bond donors (Lipinski definition) is 0. The normalized spacial score (nSPS) is 14.0. The first kappa shape index (κ1) is 15.7. The van der Waals surface area contributed by atoms with Crippen LogP contribution in [0.5, 0.6) is 0 Å². The molecule has 5 nitrogen and oxygen atoms in total. The summed E-state index contributed by atoms with van der Waals surface area (Å²) in [5, 5.41) is 4.87. The lowest BCUT2D eigenvalue weighted by molar-refractivity contribution is -0.114. The lowest BCUT2D eigenvalue weighted by Gasteiger charge is -2.15. The van der Waals surface area contributed by atoms with Gasteiger partial charge in [-0.25, -0.2) is 4.98 Å². The summed E-state index contributed by atoms with van der Waals surface area (Å²) in [6, 6.07) is 0. The van der Waals surface area contributed by atoms with Crippen molar-refractivity contribution in [3.63, 3.8) is 0 Å². The van der Waals surface area contributed by atoms with E-state index in [0.717, 1.165) is 29.2 Å². The van der Waals surface area contributed by atoms with Crippen molar-refractivity contribution in [1.82, 2.24) is 14.8 Å². The molecule has 120 valence electrons. The van der Waals surface area contributed by atoms with Crippen molar-refractivity contribution < 1.29 is 4.79 Å². The molecule has 2 aromatic heterocycles. The molecule has 6 heteroatoms. The highest BCUT2D eigenvalue weighted by Gasteiger charge is 2.21. The van der Waals surface area contributed by atoms with Crippen molar-refractivity contribution in [2.45, 2.75) is 25.7 Å². The summed E-state index contributed by atoms with van der Waals surface area (Å²) in [5.74, 6) is -0.0835. The summed E-state index contributed by atoms with van der Waals surface area (Å²) < 4.78 is 1.71. The second-order valence-electron chi connectivity index (χ2n) is 5.59. The van der Waals surface area contributed by atoms with Crippen LogP contribution in [0.15, 0.2) is 31.1 Å². The fourth-order valence-corrected chi connectivity index (χ4v) is 3.79. The zero-order valence-corrected chi connectivity index (χ0v) is 14.1. The van der Waals surface area contributed by atoms with Crippen LogP contribution in [0.4, 0.5) is 5.13 Å². The van der Waals surface area contributed by atoms with Gasteiger partial charge in [-0.1, -0.05) is 6.08 Å². The number of aromatic nitrogens is 3. The zero-order valence-electron chi connectivity index (χ0n) is 13.2. The summed E-state index contributed by atoms with van der Waals surface area (Å²) in [5.41, 5.74) is 2.06. The minimum atomic E-state index is -0.0835. The topological polar surface area (TPSA) is 51.0 Å². The molecule has 0 unspecified atom stereocenters. The highest BCUT2D eigenvalue weighted by molar-refractivity contribution is 7.16. The van der Waals surface area contributed by atoms with Gasteiger partial charge in [0.1, 0.15) is 0 Å². The Morgan fingerprint density at radius 3 is 3.00 bits per heavy atom. The Kier molecular flexibility index (Phi) is 4.71. The minimum absolute atomic E-state index is 0.0835. The van der Waals surface area contributed by atoms with Gasteiger partial charge in [0.15, 0.2) is 5.13 Å². The molecule has 0 saturated carbocycles. The number of thiazole rings is 1. The van der Waals surface area contributed by atoms with Gasteiger partial charge in [-0.3, -0.25) is 14.4 Å². The number of fused-ring (bicyclic) bond motifs is 1. The molecular weight excluding hydrogens is 308 g/mol. The van der Waals surface area contributed by atoms with Gasteiger partial charge in [0, 0.05) is 36.3 Å². The molecular formula is C17H20N4OS. The van der Waals surface area contributed by atoms with E-state index in [9.17, 15) is 4.79 Å². The molecule has 0 aliphatic heterocycles. The molecule has 23 heavy (non-hydrogen) atoms. The number of aryl methyl sites for hydroxylation is 3. The van der Waals surface area contributed by atoms with E-state index < -0.39 is 0 Å². The maximum absolute atomic E-state index is 12.6. The van der Waals surface area contributed by atoms with Gasteiger partial charge in [-0.15, -0.1) is 17.9 Å². The highest BCUT2D eigenvalue weighted by atomic mass is 32.1. The summed E-state index contributed by atoms with van der Waals surface area (Å²) in [6.07, 6.45) is 13.2. The van der Waals surface area contributed by atoms with Crippen LogP contribution in [0.2, 0.25) is 0 Å². The Morgan fingerprint density at radius 1 is 1.48 bits per heavy atom. The van der Waals surface area contributed by atoms with Gasteiger partial charge in [-0.05, 0) is 31.8 Å². The molecule has 1 aliphatic rings. The van der Waals surface area contributed by atoms with Gasteiger partial charge in [0.2, 0.25) is 0 Å². The Bertz CT molecular complexity index is 720. The SMILES string of the molecule is C=CCN(C(=O)/C=C/c1cnn(C)c1)c1nc2c(s1)CCCC2. The molecule has 0 aromatic carbocycles. The number of carbonyl (C=O) groups is 1. The molecule has 0 bridgehead atoms. The van der Waals surface area contributed by atoms with E-state index >= 15 is 0 Å². The quantitative estimate of drug-likeness (QED) is 0.626. The van der Waals surface area contributed by atoms with E-state index in [1.54, 1.807) is 45.3 Å². The summed E-state index contributed by atoms with van der Waals surface area (Å²) in [6.45, 7) is 4.22. The predicted octanol–water partition coefficient (Wildman–Crippen LogP) is 2.99. The number of hydrogen-bond acceptors (Lipinski definition) is 4. The third-order valence-corrected chi connectivity index (χ3v) is 4.97. The van der Waals surface area contributed by atoms with Crippen LogP contribution in [-0.4, -0.2) is 27.2 Å². The number of anilines is 1. The first-order chi connectivity index (χ1) is 11.2. The maximum atomic E-state index is 12.6. The Hall–Kier alpha value is -2.21. The van der Waals surface area contributed by atoms with Crippen molar-refractivity contribution in [2.75, 3.05) is 11.4 Å². The third-order valence-electron chi connectivity index (χ3n) is 3.79. The van der Waals surface area contributed by atoms with Gasteiger partial charge < -0.3 is 0 Å². The van der Waals surface area contributed by atoms with E-state index in [4.69, 9.17) is 0 Å². The molecule has 0 radical (unpaired) electrons. The van der Waals surface area contributed by atoms with E-state index in [0.29, 0.717) is 6.54 Å². The van der Waals surface area contributed by atoms with Gasteiger partial charge >= 0.3 is 0 Å². The van der Waals surface area contributed by atoms with E-state index in [-0.39, 0.29) is 5.91 Å². The van der Waals surface area contributed by atoms with Crippen LogP contribution in [0.25, 0.3) is 6.08 Å². The van der Waals surface area contributed by atoms with Gasteiger partial charge in [0.25, 0.3) is 5.91 Å². The summed E-state index contributed by atoms with van der Waals surface area (Å²) in [4.78, 5) is 20.2. The fraction of sp³-hybridized carbons (Fsp3) is 0.353. The lowest BCUT2D eigenvalue weighted by Crippen LogP contribution is -2.29. The molecule has 1 amide bonds. The molecule has 0 N–H and O–H groups in total. The van der Waals surface area contributed by atoms with Crippen LogP contribution in [0.1, 0.15) is 29.0 Å². The van der Waals surface area contributed by atoms with Crippen molar-refractivity contribution in [3.05, 3.63) is 47.3 Å². The Balaban J connectivity index is 1.80. The highest BCUT2D eigenvalue weighted by Crippen LogP contribution is 2.32. The monoisotopic (exact) mass is 328 g/mol. The average Bonchev–Trinajstić information content (AvgIpc) is 3.16. The van der Waals surface area contributed by atoms with Gasteiger partial charge in [0.05, 0.1) is 11.9 Å². The first-order valence-corrected chi connectivity index (χ1v) is 8.56. The minimum Gasteiger partial charge on any atom is -0.281 e. The van der Waals surface area contributed by atoms with Crippen molar-refractivity contribution in [1.29, 1.82) is 0 Å². The van der Waals surface area contributed by atoms with Crippen molar-refractivity contribution in [2.24, 2.45) is 7.05 Å². The average molecular weight is 328 g/mol. The van der Waals surface area contributed by atoms with Crippen LogP contribution in [0, 0.1) is 0 Å². The molecule has 0 saturated heterocycles. The second-order valence-corrected chi connectivity index (χ2v) is 6.65. The molecule has 1 aliphatic carbocycles. The number of carbonyl (C=O) groups excluding carboxylic acids is 1. The van der Waals surface area contributed by atoms with E-state index in [2.05, 4.69) is 16.7 Å². The van der Waals surface area contributed by atoms with E-state index in [1.165, 1.54) is 17.7 Å². The number of nitrogens with zero attached hydrogens (tertiary/aromatic N) is 4. The third kappa shape index (κ3) is 3.59. The van der Waals surface area contributed by atoms with Crippen molar-refractivity contribution in [3.8, 4) is 0 Å². The molecule has 2 aromatic rings. The zero-order chi connectivity index (χ0) is 16.2. The lowest BCUT2D eigenvalue weighted by atomic mass is 10.0. The summed E-state index contributed by atoms with van der Waals surface area (Å²) in [7, 11) is 1.85. The Labute approximate surface area is 140 Å². The number of rotatable bonds is 5. The Morgan fingerprint density at radius 2 is 2.30 bits per heavy atom. The summed E-state index contributed by atoms with van der Waals surface area (Å²) >= 11 is 1.63. The van der Waals surface area contributed by atoms with Crippen LogP contribution in [-0.2, 0) is 24.7 Å². The molecule has 0 spiro atoms. The molecule has 0 atom stereocenters. The largest absolute Gasteiger partial charge is 0.281 e. The van der Waals surface area contributed by atoms with Crippen LogP contribution >= 0.6 is 11.3 Å². The molecule has 0 fully saturated rings. The fourth-order valence-electron chi connectivity index (χ4n) is 2.63. The second kappa shape index (κ2) is 6.91. The van der Waals surface area contributed by atoms with Crippen LogP contribution < -0.4 is 4.90 Å². The number of amides is 1. The first-order valence-electron chi connectivity index (χ1n) is 7.75.